The quantitative estimate of drug-likeness (QED) is 0.669. The summed E-state index contributed by atoms with van der Waals surface area (Å²) in [7, 11) is 0. The van der Waals surface area contributed by atoms with Gasteiger partial charge in [-0.05, 0) is 55.4 Å². The number of benzene rings is 1. The molecule has 7 nitrogen and oxygen atoms in total. The molecule has 1 fully saturated rings. The van der Waals surface area contributed by atoms with Crippen LogP contribution in [0.3, 0.4) is 0 Å². The van der Waals surface area contributed by atoms with Crippen molar-refractivity contribution in [3.8, 4) is 5.75 Å². The first-order chi connectivity index (χ1) is 15.8. The molecule has 2 amide bonds. The smallest absolute Gasteiger partial charge is 0.295 e. The second-order valence-electron chi connectivity index (χ2n) is 8.66. The molecule has 0 spiro atoms. The van der Waals surface area contributed by atoms with E-state index in [9.17, 15) is 23.9 Å². The lowest BCUT2D eigenvalue weighted by Gasteiger charge is -2.30. The Balaban J connectivity index is 1.55. The Morgan fingerprint density at radius 1 is 1.21 bits per heavy atom. The number of carbonyl (C=O) groups excluding carboxylic acids is 2. The molecular weight excluding hydrogens is 469 g/mol. The monoisotopic (exact) mass is 491 g/mol. The van der Waals surface area contributed by atoms with Gasteiger partial charge in [0, 0.05) is 24.7 Å². The number of hydrogen-bond acceptors (Lipinski definition) is 5. The van der Waals surface area contributed by atoms with Gasteiger partial charge in [-0.25, -0.2) is 4.39 Å². The second-order valence-corrected chi connectivity index (χ2v) is 10.0. The predicted molar refractivity (Wildman–Crippen MR) is 123 cm³/mol. The third-order valence-electron chi connectivity index (χ3n) is 6.55. The first-order valence-corrected chi connectivity index (χ1v) is 12.7. The molecule has 174 valence electrons. The lowest BCUT2D eigenvalue weighted by Crippen LogP contribution is -2.40. The summed E-state index contributed by atoms with van der Waals surface area (Å²) in [5, 5.41) is 10.8. The zero-order chi connectivity index (χ0) is 23.4. The number of fused-ring (bicyclic) bond motifs is 3. The molecule has 33 heavy (non-hydrogen) atoms. The summed E-state index contributed by atoms with van der Waals surface area (Å²) in [5.74, 6) is -1.15. The Hall–Kier alpha value is -2.52. The van der Waals surface area contributed by atoms with Gasteiger partial charge in [-0.15, -0.1) is 0 Å². The van der Waals surface area contributed by atoms with Gasteiger partial charge in [0.1, 0.15) is 17.7 Å². The number of halogens is 2. The maximum atomic E-state index is 13.5. The molecule has 3 heterocycles. The van der Waals surface area contributed by atoms with E-state index in [2.05, 4.69) is 0 Å². The number of aromatic hydroxyl groups is 1. The summed E-state index contributed by atoms with van der Waals surface area (Å²) >= 11 is 7.49. The molecule has 1 unspecified atom stereocenters. The third-order valence-corrected chi connectivity index (χ3v) is 7.49. The Morgan fingerprint density at radius 3 is 2.64 bits per heavy atom. The van der Waals surface area contributed by atoms with Crippen molar-refractivity contribution >= 4 is 35.2 Å². The highest BCUT2D eigenvalue weighted by Gasteiger charge is 2.48. The molecule has 1 atom stereocenters. The van der Waals surface area contributed by atoms with E-state index in [-0.39, 0.29) is 34.8 Å². The Morgan fingerprint density at radius 2 is 1.97 bits per heavy atom. The van der Waals surface area contributed by atoms with Crippen LogP contribution < -0.4 is 5.56 Å². The van der Waals surface area contributed by atoms with Crippen molar-refractivity contribution in [1.82, 2.24) is 14.4 Å². The van der Waals surface area contributed by atoms with E-state index in [1.54, 1.807) is 16.7 Å². The van der Waals surface area contributed by atoms with Crippen molar-refractivity contribution in [3.63, 3.8) is 0 Å². The van der Waals surface area contributed by atoms with Gasteiger partial charge < -0.3 is 14.9 Å². The van der Waals surface area contributed by atoms with Gasteiger partial charge in [-0.2, -0.15) is 11.8 Å². The highest BCUT2D eigenvalue weighted by Crippen LogP contribution is 2.42. The van der Waals surface area contributed by atoms with E-state index in [1.807, 2.05) is 6.26 Å². The van der Waals surface area contributed by atoms with Gasteiger partial charge in [0.2, 0.25) is 0 Å². The average molecular weight is 492 g/mol. The van der Waals surface area contributed by atoms with E-state index in [4.69, 9.17) is 11.6 Å². The van der Waals surface area contributed by atoms with E-state index < -0.39 is 29.2 Å². The maximum Gasteiger partial charge on any atom is 0.295 e. The van der Waals surface area contributed by atoms with Gasteiger partial charge >= 0.3 is 0 Å². The van der Waals surface area contributed by atoms with Crippen LogP contribution in [-0.2, 0) is 13.0 Å². The molecule has 1 saturated carbocycles. The van der Waals surface area contributed by atoms with Crippen LogP contribution in [0.2, 0.25) is 5.02 Å². The number of amides is 2. The molecule has 0 saturated heterocycles. The molecule has 1 aliphatic carbocycles. The average Bonchev–Trinajstić information content (AvgIpc) is 3.58. The van der Waals surface area contributed by atoms with E-state index in [1.165, 1.54) is 27.7 Å². The minimum Gasteiger partial charge on any atom is -0.502 e. The standard InChI is InChI=1S/C23H23ClFN3O4S/c1-33-9-7-17-27(13-3-4-13)22(31)19-14-6-8-26(11-12-2-5-16(25)15(24)10-12)21(30)18(14)20(29)23(32)28(17)19/h2,5,10,13,17,29H,3-4,6-9,11H2,1H3. The molecule has 2 aliphatic heterocycles. The van der Waals surface area contributed by atoms with Gasteiger partial charge in [0.05, 0.1) is 10.6 Å². The van der Waals surface area contributed by atoms with E-state index >= 15 is 0 Å². The first kappa shape index (κ1) is 22.3. The van der Waals surface area contributed by atoms with Crippen LogP contribution >= 0.6 is 23.4 Å². The topological polar surface area (TPSA) is 82.9 Å². The Bertz CT molecular complexity index is 1230. The molecule has 0 bridgehead atoms. The summed E-state index contributed by atoms with van der Waals surface area (Å²) in [6.07, 6.45) is 4.24. The van der Waals surface area contributed by atoms with Gasteiger partial charge in [0.15, 0.2) is 5.75 Å². The molecule has 1 N–H and O–H groups in total. The molecule has 1 aromatic heterocycles. The highest BCUT2D eigenvalue weighted by atomic mass is 35.5. The van der Waals surface area contributed by atoms with Crippen molar-refractivity contribution in [2.75, 3.05) is 18.6 Å². The number of nitrogens with zero attached hydrogens (tertiary/aromatic N) is 3. The zero-order valence-electron chi connectivity index (χ0n) is 18.0. The van der Waals surface area contributed by atoms with Crippen LogP contribution in [0.15, 0.2) is 23.0 Å². The van der Waals surface area contributed by atoms with Gasteiger partial charge in [-0.3, -0.25) is 19.0 Å². The molecular formula is C23H23ClFN3O4S. The number of hydrogen-bond donors (Lipinski definition) is 1. The zero-order valence-corrected chi connectivity index (χ0v) is 19.6. The largest absolute Gasteiger partial charge is 0.502 e. The fourth-order valence-electron chi connectivity index (χ4n) is 4.87. The van der Waals surface area contributed by atoms with Gasteiger partial charge in [0.25, 0.3) is 17.4 Å². The van der Waals surface area contributed by atoms with Crippen molar-refractivity contribution < 1.29 is 19.1 Å². The van der Waals surface area contributed by atoms with Crippen molar-refractivity contribution in [2.24, 2.45) is 0 Å². The van der Waals surface area contributed by atoms with Crippen LogP contribution in [-0.4, -0.2) is 55.9 Å². The maximum absolute atomic E-state index is 13.5. The van der Waals surface area contributed by atoms with Crippen molar-refractivity contribution in [2.45, 2.75) is 44.4 Å². The van der Waals surface area contributed by atoms with Crippen molar-refractivity contribution in [1.29, 1.82) is 0 Å². The molecule has 2 aromatic rings. The molecule has 10 heteroatoms. The highest BCUT2D eigenvalue weighted by molar-refractivity contribution is 7.98. The summed E-state index contributed by atoms with van der Waals surface area (Å²) in [5.41, 5.74) is 0.506. The summed E-state index contributed by atoms with van der Waals surface area (Å²) in [6.45, 7) is 0.451. The number of carbonyl (C=O) groups is 2. The fourth-order valence-corrected chi connectivity index (χ4v) is 5.52. The van der Waals surface area contributed by atoms with E-state index in [0.717, 1.165) is 18.6 Å². The fraction of sp³-hybridized carbons (Fsp3) is 0.435. The predicted octanol–water partition coefficient (Wildman–Crippen LogP) is 3.41. The van der Waals surface area contributed by atoms with E-state index in [0.29, 0.717) is 30.5 Å². The third kappa shape index (κ3) is 3.61. The number of thioether (sulfide) groups is 1. The van der Waals surface area contributed by atoms with Crippen molar-refractivity contribution in [3.05, 3.63) is 61.8 Å². The number of aromatic nitrogens is 1. The SMILES string of the molecule is CSCCC1N(C2CC2)C(=O)c2c3c(c(O)c(=O)n21)C(=O)N(Cc1ccc(F)c(Cl)c1)CC3. The van der Waals surface area contributed by atoms with Crippen LogP contribution in [0.5, 0.6) is 5.75 Å². The summed E-state index contributed by atoms with van der Waals surface area (Å²) in [4.78, 5) is 43.2. The molecule has 1 aromatic carbocycles. The minimum atomic E-state index is -0.702. The Kier molecular flexibility index (Phi) is 5.64. The minimum absolute atomic E-state index is 0.0432. The summed E-state index contributed by atoms with van der Waals surface area (Å²) in [6, 6.07) is 4.32. The Labute approximate surface area is 199 Å². The lowest BCUT2D eigenvalue weighted by atomic mass is 9.95. The molecule has 5 rings (SSSR count). The second kappa shape index (κ2) is 8.36. The lowest BCUT2D eigenvalue weighted by molar-refractivity contribution is 0.0671. The summed E-state index contributed by atoms with van der Waals surface area (Å²) < 4.78 is 14.9. The first-order valence-electron chi connectivity index (χ1n) is 10.9. The molecule has 3 aliphatic rings. The normalized spacial score (nSPS) is 19.8. The van der Waals surface area contributed by atoms with Crippen LogP contribution in [0.1, 0.15) is 57.4 Å². The van der Waals surface area contributed by atoms with Crippen LogP contribution in [0, 0.1) is 5.82 Å². The molecule has 0 radical (unpaired) electrons. The number of rotatable bonds is 6. The van der Waals surface area contributed by atoms with Crippen LogP contribution in [0.25, 0.3) is 0 Å². The van der Waals surface area contributed by atoms with Gasteiger partial charge in [-0.1, -0.05) is 17.7 Å². The number of pyridine rings is 1. The van der Waals surface area contributed by atoms with Crippen LogP contribution in [0.4, 0.5) is 4.39 Å².